The summed E-state index contributed by atoms with van der Waals surface area (Å²) < 4.78 is 13.1. The van der Waals surface area contributed by atoms with Crippen molar-refractivity contribution in [2.75, 3.05) is 43.9 Å². The standard InChI is InChI=1S/C24H35N5O5/c1-15(2)10-28(21-22(25)29(11-16(3)4)24(32)26-23(21)31)20(30)13-27(5)12-17-14-33-18-8-6-7-9-19(18)34-17/h6-9,15-17H,10-14,25H2,1-5H3,(H,26,31,32). The van der Waals surface area contributed by atoms with E-state index < -0.39 is 11.2 Å². The fourth-order valence-electron chi connectivity index (χ4n) is 3.95. The third-order valence-electron chi connectivity index (χ3n) is 5.37. The van der Waals surface area contributed by atoms with E-state index in [-0.39, 0.29) is 48.4 Å². The number of H-pyrrole nitrogens is 1. The number of amides is 1. The molecule has 0 bridgehead atoms. The molecule has 1 atom stereocenters. The second-order valence-electron chi connectivity index (χ2n) is 9.59. The van der Waals surface area contributed by atoms with Gasteiger partial charge in [0.25, 0.3) is 5.56 Å². The maximum absolute atomic E-state index is 13.4. The van der Waals surface area contributed by atoms with E-state index in [0.717, 1.165) is 0 Å². The molecule has 3 N–H and O–H groups in total. The van der Waals surface area contributed by atoms with E-state index in [1.807, 2.05) is 63.9 Å². The average molecular weight is 474 g/mol. The number of likely N-dealkylation sites (N-methyl/N-ethyl adjacent to an activating group) is 1. The first kappa shape index (κ1) is 25.4. The molecule has 0 saturated carbocycles. The Labute approximate surface area is 199 Å². The number of aromatic amines is 1. The van der Waals surface area contributed by atoms with E-state index in [1.54, 1.807) is 0 Å². The van der Waals surface area contributed by atoms with Gasteiger partial charge in [-0.25, -0.2) is 4.79 Å². The largest absolute Gasteiger partial charge is 0.486 e. The molecule has 1 unspecified atom stereocenters. The van der Waals surface area contributed by atoms with Crippen molar-refractivity contribution < 1.29 is 14.3 Å². The van der Waals surface area contributed by atoms with Gasteiger partial charge in [-0.05, 0) is 31.0 Å². The van der Waals surface area contributed by atoms with Crippen LogP contribution in [0, 0.1) is 11.8 Å². The highest BCUT2D eigenvalue weighted by atomic mass is 16.6. The number of benzene rings is 1. The lowest BCUT2D eigenvalue weighted by molar-refractivity contribution is -0.119. The Morgan fingerprint density at radius 3 is 2.50 bits per heavy atom. The molecule has 0 fully saturated rings. The number of anilines is 2. The lowest BCUT2D eigenvalue weighted by Crippen LogP contribution is -2.48. The van der Waals surface area contributed by atoms with Crippen LogP contribution in [-0.2, 0) is 11.3 Å². The van der Waals surface area contributed by atoms with Gasteiger partial charge in [0.1, 0.15) is 18.5 Å². The second kappa shape index (κ2) is 10.8. The number of carbonyl (C=O) groups excluding carboxylic acids is 1. The van der Waals surface area contributed by atoms with Crippen molar-refractivity contribution in [2.45, 2.75) is 40.3 Å². The van der Waals surface area contributed by atoms with Crippen LogP contribution in [0.4, 0.5) is 11.5 Å². The van der Waals surface area contributed by atoms with Crippen molar-refractivity contribution >= 4 is 17.4 Å². The van der Waals surface area contributed by atoms with Crippen molar-refractivity contribution in [1.82, 2.24) is 14.5 Å². The van der Waals surface area contributed by atoms with Gasteiger partial charge in [0.15, 0.2) is 17.2 Å². The number of nitrogens with one attached hydrogen (secondary N) is 1. The summed E-state index contributed by atoms with van der Waals surface area (Å²) in [6.07, 6.45) is -0.243. The molecule has 0 spiro atoms. The fourth-order valence-corrected chi connectivity index (χ4v) is 3.95. The maximum Gasteiger partial charge on any atom is 0.330 e. The smallest absolute Gasteiger partial charge is 0.330 e. The van der Waals surface area contributed by atoms with E-state index in [9.17, 15) is 14.4 Å². The molecule has 1 aromatic heterocycles. The molecular weight excluding hydrogens is 438 g/mol. The summed E-state index contributed by atoms with van der Waals surface area (Å²) in [4.78, 5) is 44.0. The third kappa shape index (κ3) is 5.99. The number of ether oxygens (including phenoxy) is 2. The summed E-state index contributed by atoms with van der Waals surface area (Å²) in [6, 6.07) is 7.46. The van der Waals surface area contributed by atoms with Gasteiger partial charge in [-0.3, -0.25) is 24.0 Å². The highest BCUT2D eigenvalue weighted by Gasteiger charge is 2.28. The Hall–Kier alpha value is -3.27. The monoisotopic (exact) mass is 473 g/mol. The molecule has 0 aliphatic carbocycles. The van der Waals surface area contributed by atoms with E-state index in [1.165, 1.54) is 9.47 Å². The summed E-state index contributed by atoms with van der Waals surface area (Å²) in [5, 5.41) is 0. The number of hydrogen-bond acceptors (Lipinski definition) is 7. The van der Waals surface area contributed by atoms with Crippen LogP contribution in [0.25, 0.3) is 0 Å². The molecule has 0 saturated heterocycles. The van der Waals surface area contributed by atoms with Gasteiger partial charge in [-0.15, -0.1) is 0 Å². The fraction of sp³-hybridized carbons (Fsp3) is 0.542. The molecule has 34 heavy (non-hydrogen) atoms. The van der Waals surface area contributed by atoms with E-state index >= 15 is 0 Å². The van der Waals surface area contributed by atoms with Crippen molar-refractivity contribution in [3.8, 4) is 11.5 Å². The van der Waals surface area contributed by atoms with Crippen LogP contribution in [0.5, 0.6) is 11.5 Å². The Morgan fingerprint density at radius 1 is 1.18 bits per heavy atom. The van der Waals surface area contributed by atoms with Crippen LogP contribution in [0.1, 0.15) is 27.7 Å². The Balaban J connectivity index is 1.79. The highest BCUT2D eigenvalue weighted by molar-refractivity contribution is 5.96. The zero-order valence-corrected chi connectivity index (χ0v) is 20.5. The van der Waals surface area contributed by atoms with Crippen LogP contribution >= 0.6 is 0 Å². The molecule has 10 nitrogen and oxygen atoms in total. The first-order valence-corrected chi connectivity index (χ1v) is 11.6. The molecule has 1 amide bonds. The van der Waals surface area contributed by atoms with Gasteiger partial charge in [0.05, 0.1) is 6.54 Å². The minimum atomic E-state index is -0.667. The summed E-state index contributed by atoms with van der Waals surface area (Å²) in [5.41, 5.74) is 5.04. The number of aromatic nitrogens is 2. The minimum Gasteiger partial charge on any atom is -0.486 e. The number of nitrogens with zero attached hydrogens (tertiary/aromatic N) is 3. The first-order valence-electron chi connectivity index (χ1n) is 11.6. The van der Waals surface area contributed by atoms with Crippen molar-refractivity contribution in [3.63, 3.8) is 0 Å². The van der Waals surface area contributed by atoms with Gasteiger partial charge in [0.2, 0.25) is 5.91 Å². The summed E-state index contributed by atoms with van der Waals surface area (Å²) >= 11 is 0. The molecule has 1 aliphatic rings. The predicted octanol–water partition coefficient (Wildman–Crippen LogP) is 1.54. The normalized spacial score (nSPS) is 15.2. The van der Waals surface area contributed by atoms with Crippen molar-refractivity contribution in [1.29, 1.82) is 0 Å². The number of rotatable bonds is 9. The molecule has 0 radical (unpaired) electrons. The quantitative estimate of drug-likeness (QED) is 0.566. The maximum atomic E-state index is 13.4. The van der Waals surface area contributed by atoms with Crippen molar-refractivity contribution in [3.05, 3.63) is 45.1 Å². The zero-order chi connectivity index (χ0) is 25.0. The number of fused-ring (bicyclic) bond motifs is 1. The number of nitrogens with two attached hydrogens (primary N) is 1. The molecule has 186 valence electrons. The molecule has 10 heteroatoms. The topological polar surface area (TPSA) is 123 Å². The van der Waals surface area contributed by atoms with E-state index in [0.29, 0.717) is 31.2 Å². The van der Waals surface area contributed by atoms with E-state index in [4.69, 9.17) is 15.2 Å². The van der Waals surface area contributed by atoms with Crippen molar-refractivity contribution in [2.24, 2.45) is 11.8 Å². The lowest BCUT2D eigenvalue weighted by Gasteiger charge is -2.31. The first-order chi connectivity index (χ1) is 16.1. The third-order valence-corrected chi connectivity index (χ3v) is 5.37. The zero-order valence-electron chi connectivity index (χ0n) is 20.5. The second-order valence-corrected chi connectivity index (χ2v) is 9.59. The molecule has 3 rings (SSSR count). The van der Waals surface area contributed by atoms with Crippen LogP contribution in [-0.4, -0.2) is 59.8 Å². The van der Waals surface area contributed by atoms with Gasteiger partial charge >= 0.3 is 5.69 Å². The van der Waals surface area contributed by atoms with Crippen LogP contribution in [0.3, 0.4) is 0 Å². The Bertz CT molecular complexity index is 1120. The van der Waals surface area contributed by atoms with Crippen LogP contribution in [0.2, 0.25) is 0 Å². The number of nitrogen functional groups attached to an aromatic ring is 1. The summed E-state index contributed by atoms with van der Waals surface area (Å²) in [5.74, 6) is 1.28. The van der Waals surface area contributed by atoms with Gasteiger partial charge < -0.3 is 20.1 Å². The van der Waals surface area contributed by atoms with E-state index in [2.05, 4.69) is 4.98 Å². The average Bonchev–Trinajstić information content (AvgIpc) is 2.75. The summed E-state index contributed by atoms with van der Waals surface area (Å²) in [6.45, 7) is 9.26. The molecule has 2 aromatic rings. The molecule has 1 aromatic carbocycles. The molecule has 2 heterocycles. The van der Waals surface area contributed by atoms with Crippen LogP contribution < -0.4 is 31.4 Å². The molecule has 1 aliphatic heterocycles. The van der Waals surface area contributed by atoms with Gasteiger partial charge in [0, 0.05) is 19.6 Å². The van der Waals surface area contributed by atoms with Crippen LogP contribution in [0.15, 0.2) is 33.9 Å². The number of carbonyl (C=O) groups is 1. The summed E-state index contributed by atoms with van der Waals surface area (Å²) in [7, 11) is 1.81. The highest BCUT2D eigenvalue weighted by Crippen LogP contribution is 2.31. The SMILES string of the molecule is CC(C)CN(C(=O)CN(C)CC1COc2ccccc2O1)c1c(N)n(CC(C)C)c(=O)[nH]c1=O. The predicted molar refractivity (Wildman–Crippen MR) is 132 cm³/mol. The van der Waals surface area contributed by atoms with Gasteiger partial charge in [-0.1, -0.05) is 39.8 Å². The number of para-hydroxylation sites is 2. The molecular formula is C24H35N5O5. The minimum absolute atomic E-state index is 0.000256. The van der Waals surface area contributed by atoms with Gasteiger partial charge in [-0.2, -0.15) is 0 Å². The Morgan fingerprint density at radius 2 is 1.85 bits per heavy atom. The lowest BCUT2D eigenvalue weighted by atomic mass is 10.2. The Kier molecular flexibility index (Phi) is 8.03. The number of hydrogen-bond donors (Lipinski definition) is 2.